The van der Waals surface area contributed by atoms with E-state index >= 15 is 0 Å². The van der Waals surface area contributed by atoms with Gasteiger partial charge >= 0.3 is 0 Å². The fourth-order valence-corrected chi connectivity index (χ4v) is 3.83. The summed E-state index contributed by atoms with van der Waals surface area (Å²) in [6, 6.07) is 39.1. The average Bonchev–Trinajstić information content (AvgIpc) is 2.87. The predicted molar refractivity (Wildman–Crippen MR) is 132 cm³/mol. The molecule has 0 saturated heterocycles. The second-order valence-electron chi connectivity index (χ2n) is 7.66. The number of nitrogens with one attached hydrogen (secondary N) is 1. The molecule has 5 rings (SSSR count). The van der Waals surface area contributed by atoms with Gasteiger partial charge in [0.1, 0.15) is 5.84 Å². The summed E-state index contributed by atoms with van der Waals surface area (Å²) in [6.45, 7) is 2.12. The van der Waals surface area contributed by atoms with Crippen molar-refractivity contribution in [1.82, 2.24) is 5.32 Å². The fraction of sp³-hybridized carbons (Fsp3) is 0.0714. The Labute approximate surface area is 188 Å². The van der Waals surface area contributed by atoms with E-state index in [1.807, 2.05) is 54.6 Å². The Hall–Kier alpha value is -4.18. The van der Waals surface area contributed by atoms with E-state index in [0.29, 0.717) is 0 Å². The van der Waals surface area contributed by atoms with E-state index in [-0.39, 0.29) is 6.17 Å². The summed E-state index contributed by atoms with van der Waals surface area (Å²) in [5, 5.41) is 3.52. The number of amidine groups is 1. The quantitative estimate of drug-likeness (QED) is 0.428. The van der Waals surface area contributed by atoms with E-state index in [1.54, 1.807) is 0 Å². The second-order valence-corrected chi connectivity index (χ2v) is 7.66. The van der Waals surface area contributed by atoms with Gasteiger partial charge in [-0.2, -0.15) is 0 Å². The first-order chi connectivity index (χ1) is 15.8. The van der Waals surface area contributed by atoms with Gasteiger partial charge in [-0.05, 0) is 36.2 Å². The van der Waals surface area contributed by atoms with Gasteiger partial charge in [0.2, 0.25) is 5.96 Å². The molecule has 1 aliphatic rings. The lowest BCUT2D eigenvalue weighted by molar-refractivity contribution is 0.750. The molecule has 4 heteroatoms. The Morgan fingerprint density at radius 2 is 1.25 bits per heavy atom. The highest BCUT2D eigenvalue weighted by Gasteiger charge is 2.25. The van der Waals surface area contributed by atoms with E-state index in [9.17, 15) is 0 Å². The molecule has 0 radical (unpaired) electrons. The van der Waals surface area contributed by atoms with E-state index in [2.05, 4.69) is 77.8 Å². The highest BCUT2D eigenvalue weighted by Crippen LogP contribution is 2.31. The van der Waals surface area contributed by atoms with Gasteiger partial charge in [0, 0.05) is 11.3 Å². The molecule has 32 heavy (non-hydrogen) atoms. The van der Waals surface area contributed by atoms with Crippen molar-refractivity contribution in [2.45, 2.75) is 13.1 Å². The van der Waals surface area contributed by atoms with Crippen LogP contribution in [0.2, 0.25) is 0 Å². The largest absolute Gasteiger partial charge is 0.310 e. The maximum Gasteiger partial charge on any atom is 0.211 e. The first kappa shape index (κ1) is 19.8. The Morgan fingerprint density at radius 1 is 0.656 bits per heavy atom. The number of hydrogen-bond donors (Lipinski definition) is 1. The zero-order valence-corrected chi connectivity index (χ0v) is 17.9. The van der Waals surface area contributed by atoms with Crippen LogP contribution >= 0.6 is 0 Å². The number of rotatable bonds is 4. The minimum Gasteiger partial charge on any atom is -0.310 e. The topological polar surface area (TPSA) is 40.0 Å². The first-order valence-corrected chi connectivity index (χ1v) is 10.7. The molecule has 0 saturated carbocycles. The number of aryl methyl sites for hydroxylation is 1. The normalized spacial score (nSPS) is 15.3. The fourth-order valence-electron chi connectivity index (χ4n) is 3.83. The predicted octanol–water partition coefficient (Wildman–Crippen LogP) is 6.24. The van der Waals surface area contributed by atoms with Gasteiger partial charge in [0.25, 0.3) is 0 Å². The van der Waals surface area contributed by atoms with Gasteiger partial charge in [-0.3, -0.25) is 4.90 Å². The lowest BCUT2D eigenvalue weighted by atomic mass is 10.1. The van der Waals surface area contributed by atoms with Crippen LogP contribution in [0.1, 0.15) is 22.9 Å². The van der Waals surface area contributed by atoms with E-state index in [4.69, 9.17) is 9.98 Å². The van der Waals surface area contributed by atoms with Crippen molar-refractivity contribution in [3.63, 3.8) is 0 Å². The van der Waals surface area contributed by atoms with Crippen LogP contribution in [-0.4, -0.2) is 11.8 Å². The number of guanidine groups is 1. The lowest BCUT2D eigenvalue weighted by Gasteiger charge is -2.32. The molecule has 1 unspecified atom stereocenters. The Balaban J connectivity index is 1.66. The highest BCUT2D eigenvalue weighted by atomic mass is 15.4. The molecule has 0 aromatic heterocycles. The van der Waals surface area contributed by atoms with E-state index in [1.165, 1.54) is 5.56 Å². The van der Waals surface area contributed by atoms with Crippen molar-refractivity contribution in [3.8, 4) is 0 Å². The van der Waals surface area contributed by atoms with Gasteiger partial charge in [0.05, 0.1) is 5.69 Å². The van der Waals surface area contributed by atoms with Crippen LogP contribution in [0, 0.1) is 6.92 Å². The number of hydrogen-bond acceptors (Lipinski definition) is 4. The number of aliphatic imine (C=N–C) groups is 2. The summed E-state index contributed by atoms with van der Waals surface area (Å²) in [4.78, 5) is 12.2. The van der Waals surface area contributed by atoms with Crippen LogP contribution < -0.4 is 10.2 Å². The van der Waals surface area contributed by atoms with Crippen LogP contribution in [0.4, 0.5) is 11.4 Å². The molecule has 1 N–H and O–H groups in total. The first-order valence-electron chi connectivity index (χ1n) is 10.7. The van der Waals surface area contributed by atoms with E-state index in [0.717, 1.165) is 34.3 Å². The zero-order valence-electron chi connectivity index (χ0n) is 17.9. The van der Waals surface area contributed by atoms with Crippen molar-refractivity contribution in [3.05, 3.63) is 132 Å². The summed E-state index contributed by atoms with van der Waals surface area (Å²) in [7, 11) is 0. The van der Waals surface area contributed by atoms with Crippen molar-refractivity contribution >= 4 is 23.2 Å². The smallest absolute Gasteiger partial charge is 0.211 e. The van der Waals surface area contributed by atoms with Crippen molar-refractivity contribution in [1.29, 1.82) is 0 Å². The molecule has 4 nitrogen and oxygen atoms in total. The zero-order chi connectivity index (χ0) is 21.8. The number of anilines is 2. The second kappa shape index (κ2) is 8.90. The van der Waals surface area contributed by atoms with Gasteiger partial charge in [-0.25, -0.2) is 9.98 Å². The minimum absolute atomic E-state index is 0.335. The summed E-state index contributed by atoms with van der Waals surface area (Å²) < 4.78 is 0. The van der Waals surface area contributed by atoms with Crippen LogP contribution in [0.25, 0.3) is 0 Å². The molecule has 1 aliphatic heterocycles. The Bertz CT molecular complexity index is 1250. The van der Waals surface area contributed by atoms with Crippen molar-refractivity contribution in [2.75, 3.05) is 4.90 Å². The van der Waals surface area contributed by atoms with Crippen molar-refractivity contribution in [2.24, 2.45) is 9.98 Å². The number of para-hydroxylation sites is 2. The maximum absolute atomic E-state index is 5.07. The van der Waals surface area contributed by atoms with Gasteiger partial charge in [-0.1, -0.05) is 97.1 Å². The van der Waals surface area contributed by atoms with Gasteiger partial charge in [0.15, 0.2) is 6.17 Å². The molecule has 0 bridgehead atoms. The van der Waals surface area contributed by atoms with Gasteiger partial charge < -0.3 is 5.32 Å². The van der Waals surface area contributed by atoms with E-state index < -0.39 is 0 Å². The molecule has 1 heterocycles. The molecule has 0 aliphatic carbocycles. The Kier molecular flexibility index (Phi) is 5.50. The highest BCUT2D eigenvalue weighted by molar-refractivity contribution is 6.16. The molecular formula is C28H24N4. The van der Waals surface area contributed by atoms with Crippen LogP contribution in [0.5, 0.6) is 0 Å². The van der Waals surface area contributed by atoms with Crippen LogP contribution in [0.15, 0.2) is 125 Å². The van der Waals surface area contributed by atoms with Crippen LogP contribution in [0.3, 0.4) is 0 Å². The Morgan fingerprint density at radius 3 is 1.94 bits per heavy atom. The molecule has 4 aromatic carbocycles. The molecule has 4 aromatic rings. The van der Waals surface area contributed by atoms with Gasteiger partial charge in [-0.15, -0.1) is 0 Å². The number of nitrogens with zero attached hydrogens (tertiary/aromatic N) is 3. The average molecular weight is 417 g/mol. The summed E-state index contributed by atoms with van der Waals surface area (Å²) in [5.74, 6) is 1.55. The summed E-state index contributed by atoms with van der Waals surface area (Å²) >= 11 is 0. The molecule has 0 amide bonds. The SMILES string of the molecule is Cc1ccccc1N(C1=NC(c2ccccc2)N=C(c2ccccc2)N1)c1ccccc1. The van der Waals surface area contributed by atoms with Crippen molar-refractivity contribution < 1.29 is 0 Å². The molecular weight excluding hydrogens is 392 g/mol. The monoisotopic (exact) mass is 416 g/mol. The molecule has 1 atom stereocenters. The third-order valence-electron chi connectivity index (χ3n) is 5.45. The molecule has 0 spiro atoms. The molecule has 0 fully saturated rings. The molecule has 156 valence electrons. The van der Waals surface area contributed by atoms with Crippen LogP contribution in [-0.2, 0) is 0 Å². The maximum atomic E-state index is 5.07. The minimum atomic E-state index is -0.335. The lowest BCUT2D eigenvalue weighted by Crippen LogP contribution is -2.45. The summed E-state index contributed by atoms with van der Waals surface area (Å²) in [6.07, 6.45) is -0.335. The number of benzene rings is 4. The standard InChI is InChI=1S/C28H24N4/c1-21-13-11-12-20-25(21)32(24-18-9-4-10-19-24)28-30-26(22-14-5-2-6-15-22)29-27(31-28)23-16-7-3-8-17-23/h2-20,26H,1H3,(H,29,30,31). The third kappa shape index (κ3) is 4.03. The summed E-state index contributed by atoms with van der Waals surface area (Å²) in [5.41, 5.74) is 5.36. The third-order valence-corrected chi connectivity index (χ3v) is 5.45.